The van der Waals surface area contributed by atoms with E-state index in [0.717, 1.165) is 19.4 Å². The van der Waals surface area contributed by atoms with Crippen LogP contribution in [0.1, 0.15) is 23.2 Å². The number of benzene rings is 2. The van der Waals surface area contributed by atoms with Crippen molar-refractivity contribution in [2.45, 2.75) is 18.9 Å². The fourth-order valence-electron chi connectivity index (χ4n) is 2.92. The van der Waals surface area contributed by atoms with Crippen molar-refractivity contribution in [1.82, 2.24) is 5.32 Å². The molecule has 29 heavy (non-hydrogen) atoms. The number of hydrogen-bond acceptors (Lipinski definition) is 5. The maximum Gasteiger partial charge on any atom is 0.258 e. The molecule has 0 aliphatic carbocycles. The van der Waals surface area contributed by atoms with Gasteiger partial charge in [-0.25, -0.2) is 9.38 Å². The number of guanidine groups is 1. The summed E-state index contributed by atoms with van der Waals surface area (Å²) in [6.07, 6.45) is 1.95. The summed E-state index contributed by atoms with van der Waals surface area (Å²) >= 11 is 0. The molecule has 2 aromatic rings. The number of nitrogens with one attached hydrogen (secondary N) is 2. The summed E-state index contributed by atoms with van der Waals surface area (Å²) in [5, 5.41) is 5.79. The van der Waals surface area contributed by atoms with Crippen LogP contribution in [-0.2, 0) is 4.74 Å². The van der Waals surface area contributed by atoms with Crippen LogP contribution < -0.4 is 20.1 Å². The van der Waals surface area contributed by atoms with E-state index in [2.05, 4.69) is 15.6 Å². The Hall–Kier alpha value is -3.13. The summed E-state index contributed by atoms with van der Waals surface area (Å²) in [5.41, 5.74) is 0.985. The molecule has 0 spiro atoms. The number of aliphatic imine (C=N–C) groups is 1. The monoisotopic (exact) mass is 401 g/mol. The molecule has 1 saturated heterocycles. The van der Waals surface area contributed by atoms with Gasteiger partial charge in [0.05, 0.1) is 26.9 Å². The highest BCUT2D eigenvalue weighted by atomic mass is 19.1. The molecular weight excluding hydrogens is 377 g/mol. The summed E-state index contributed by atoms with van der Waals surface area (Å²) in [7, 11) is 3.03. The quantitative estimate of drug-likeness (QED) is 0.574. The average molecular weight is 401 g/mol. The van der Waals surface area contributed by atoms with Gasteiger partial charge in [-0.1, -0.05) is 0 Å². The van der Waals surface area contributed by atoms with Gasteiger partial charge in [-0.15, -0.1) is 0 Å². The van der Waals surface area contributed by atoms with Crippen molar-refractivity contribution in [1.29, 1.82) is 0 Å². The second kappa shape index (κ2) is 9.88. The van der Waals surface area contributed by atoms with Crippen molar-refractivity contribution < 1.29 is 23.4 Å². The first-order chi connectivity index (χ1) is 14.1. The predicted octanol–water partition coefficient (Wildman–Crippen LogP) is 3.22. The molecule has 3 rings (SSSR count). The Kier molecular flexibility index (Phi) is 7.02. The highest BCUT2D eigenvalue weighted by Gasteiger charge is 2.17. The molecule has 0 saturated carbocycles. The third kappa shape index (κ3) is 5.68. The summed E-state index contributed by atoms with van der Waals surface area (Å²) in [6.45, 7) is 1.13. The average Bonchev–Trinajstić information content (AvgIpc) is 3.26. The smallest absolute Gasteiger partial charge is 0.258 e. The van der Waals surface area contributed by atoms with Crippen LogP contribution in [0.15, 0.2) is 47.5 Å². The lowest BCUT2D eigenvalue weighted by molar-refractivity contribution is 0.0975. The minimum atomic E-state index is -0.369. The minimum absolute atomic E-state index is 0.0259. The molecule has 7 nitrogen and oxygen atoms in total. The van der Waals surface area contributed by atoms with Gasteiger partial charge in [0, 0.05) is 17.9 Å². The Balaban J connectivity index is 1.76. The summed E-state index contributed by atoms with van der Waals surface area (Å²) in [6, 6.07) is 10.7. The van der Waals surface area contributed by atoms with Crippen LogP contribution in [0.4, 0.5) is 10.1 Å². The Morgan fingerprint density at radius 3 is 2.59 bits per heavy atom. The van der Waals surface area contributed by atoms with E-state index in [1.807, 2.05) is 0 Å². The molecule has 1 heterocycles. The van der Waals surface area contributed by atoms with Gasteiger partial charge in [0.1, 0.15) is 5.82 Å². The number of anilines is 1. The van der Waals surface area contributed by atoms with Crippen LogP contribution in [0.5, 0.6) is 11.5 Å². The number of halogens is 1. The predicted molar refractivity (Wildman–Crippen MR) is 108 cm³/mol. The Morgan fingerprint density at radius 1 is 1.17 bits per heavy atom. The number of nitrogens with zero attached hydrogens (tertiary/aromatic N) is 1. The summed E-state index contributed by atoms with van der Waals surface area (Å²) in [4.78, 5) is 17.2. The lowest BCUT2D eigenvalue weighted by atomic mass is 10.2. The fourth-order valence-corrected chi connectivity index (χ4v) is 2.92. The lowest BCUT2D eigenvalue weighted by Crippen LogP contribution is -2.36. The molecule has 1 atom stereocenters. The molecule has 2 aromatic carbocycles. The van der Waals surface area contributed by atoms with Crippen LogP contribution in [-0.4, -0.2) is 45.3 Å². The van der Waals surface area contributed by atoms with Crippen molar-refractivity contribution in [2.75, 3.05) is 32.7 Å². The summed E-state index contributed by atoms with van der Waals surface area (Å²) in [5.74, 6) is 0.520. The van der Waals surface area contributed by atoms with E-state index < -0.39 is 0 Å². The van der Waals surface area contributed by atoms with E-state index >= 15 is 0 Å². The maximum absolute atomic E-state index is 13.2. The standard InChI is InChI=1S/C21H24FN3O4/c1-27-18-10-5-14(12-19(18)28-2)20(26)25-21(23-13-17-4-3-11-29-17)24-16-8-6-15(22)7-9-16/h5-10,12,17H,3-4,11,13H2,1-2H3,(H2,23,24,25,26)/t17-/m0/s1. The Morgan fingerprint density at radius 2 is 1.93 bits per heavy atom. The van der Waals surface area contributed by atoms with Crippen molar-refractivity contribution in [3.63, 3.8) is 0 Å². The van der Waals surface area contributed by atoms with Gasteiger partial charge in [-0.3, -0.25) is 10.1 Å². The topological polar surface area (TPSA) is 81.2 Å². The molecule has 8 heteroatoms. The first kappa shape index (κ1) is 20.6. The molecule has 1 aliphatic rings. The van der Waals surface area contributed by atoms with Gasteiger partial charge in [-0.2, -0.15) is 0 Å². The van der Waals surface area contributed by atoms with Gasteiger partial charge in [0.25, 0.3) is 5.91 Å². The van der Waals surface area contributed by atoms with Crippen molar-refractivity contribution in [3.8, 4) is 11.5 Å². The van der Waals surface area contributed by atoms with Crippen molar-refractivity contribution in [3.05, 3.63) is 53.8 Å². The molecule has 0 bridgehead atoms. The second-order valence-electron chi connectivity index (χ2n) is 6.48. The maximum atomic E-state index is 13.2. The van der Waals surface area contributed by atoms with Gasteiger partial charge in [0.15, 0.2) is 11.5 Å². The van der Waals surface area contributed by atoms with Crippen LogP contribution in [0.25, 0.3) is 0 Å². The fraction of sp³-hybridized carbons (Fsp3) is 0.333. The minimum Gasteiger partial charge on any atom is -0.493 e. The van der Waals surface area contributed by atoms with E-state index in [1.54, 1.807) is 30.3 Å². The van der Waals surface area contributed by atoms with Crippen LogP contribution >= 0.6 is 0 Å². The molecule has 0 aromatic heterocycles. The lowest BCUT2D eigenvalue weighted by Gasteiger charge is -2.14. The molecule has 0 radical (unpaired) electrons. The first-order valence-corrected chi connectivity index (χ1v) is 9.31. The van der Waals surface area contributed by atoms with Gasteiger partial charge >= 0.3 is 0 Å². The SMILES string of the molecule is COc1ccc(C(=O)NC(=NC[C@@H]2CCCO2)Nc2ccc(F)cc2)cc1OC. The zero-order chi connectivity index (χ0) is 20.6. The summed E-state index contributed by atoms with van der Waals surface area (Å²) < 4.78 is 29.2. The molecule has 0 unspecified atom stereocenters. The highest BCUT2D eigenvalue weighted by molar-refractivity contribution is 6.10. The highest BCUT2D eigenvalue weighted by Crippen LogP contribution is 2.27. The number of carbonyl (C=O) groups is 1. The van der Waals surface area contributed by atoms with Crippen LogP contribution in [0, 0.1) is 5.82 Å². The van der Waals surface area contributed by atoms with Gasteiger partial charge in [0.2, 0.25) is 5.96 Å². The number of carbonyl (C=O) groups excluding carboxylic acids is 1. The number of hydrogen-bond donors (Lipinski definition) is 2. The van der Waals surface area contributed by atoms with E-state index in [0.29, 0.717) is 29.3 Å². The van der Waals surface area contributed by atoms with Gasteiger partial charge < -0.3 is 19.5 Å². The third-order valence-corrected chi connectivity index (χ3v) is 4.46. The largest absolute Gasteiger partial charge is 0.493 e. The number of rotatable bonds is 6. The van der Waals surface area contributed by atoms with Crippen molar-refractivity contribution in [2.24, 2.45) is 4.99 Å². The normalized spacial score (nSPS) is 16.4. The molecule has 154 valence electrons. The second-order valence-corrected chi connectivity index (χ2v) is 6.48. The van der Waals surface area contributed by atoms with E-state index in [-0.39, 0.29) is 23.8 Å². The molecule has 1 aliphatic heterocycles. The van der Waals surface area contributed by atoms with Crippen LogP contribution in [0.3, 0.4) is 0 Å². The number of amides is 1. The molecule has 1 fully saturated rings. The Bertz CT molecular complexity index is 865. The van der Waals surface area contributed by atoms with E-state index in [9.17, 15) is 9.18 Å². The zero-order valence-corrected chi connectivity index (χ0v) is 16.4. The molecular formula is C21H24FN3O4. The zero-order valence-electron chi connectivity index (χ0n) is 16.4. The van der Waals surface area contributed by atoms with E-state index in [4.69, 9.17) is 14.2 Å². The molecule has 1 amide bonds. The van der Waals surface area contributed by atoms with E-state index in [1.165, 1.54) is 26.4 Å². The first-order valence-electron chi connectivity index (χ1n) is 9.31. The van der Waals surface area contributed by atoms with Gasteiger partial charge in [-0.05, 0) is 55.3 Å². The van der Waals surface area contributed by atoms with Crippen molar-refractivity contribution >= 4 is 17.6 Å². The molecule has 2 N–H and O–H groups in total. The number of ether oxygens (including phenoxy) is 3. The third-order valence-electron chi connectivity index (χ3n) is 4.46. The Labute approximate surface area is 168 Å². The number of methoxy groups -OCH3 is 2. The van der Waals surface area contributed by atoms with Crippen LogP contribution in [0.2, 0.25) is 0 Å².